The molecule has 3 heteroatoms. The molecular weight excluding hydrogens is 228 g/mol. The van der Waals surface area contributed by atoms with Gasteiger partial charge in [-0.25, -0.2) is 0 Å². The van der Waals surface area contributed by atoms with Crippen LogP contribution in [0.15, 0.2) is 35.5 Å². The van der Waals surface area contributed by atoms with Gasteiger partial charge in [-0.05, 0) is 31.0 Å². The topological polar surface area (TPSA) is 38.9 Å². The first-order chi connectivity index (χ1) is 8.34. The van der Waals surface area contributed by atoms with Crippen LogP contribution in [0.3, 0.4) is 0 Å². The van der Waals surface area contributed by atoms with Gasteiger partial charge in [0.05, 0.1) is 0 Å². The van der Waals surface area contributed by atoms with Crippen LogP contribution in [0.2, 0.25) is 0 Å². The molecule has 1 aliphatic rings. The maximum atomic E-state index is 6.00. The van der Waals surface area contributed by atoms with E-state index in [2.05, 4.69) is 11.1 Å². The Kier molecular flexibility index (Phi) is 2.93. The number of fused-ring (bicyclic) bond motifs is 1. The zero-order chi connectivity index (χ0) is 11.7. The molecule has 1 aromatic carbocycles. The molecule has 17 heavy (non-hydrogen) atoms. The molecular formula is C14H16N2S. The minimum Gasteiger partial charge on any atom is -0.398 e. The van der Waals surface area contributed by atoms with E-state index in [1.54, 1.807) is 0 Å². The third kappa shape index (κ3) is 2.12. The lowest BCUT2D eigenvalue weighted by Crippen LogP contribution is -1.95. The molecule has 1 aromatic heterocycles. The fraction of sp³-hybridized carbons (Fsp3) is 0.357. The third-order valence-corrected chi connectivity index (χ3v) is 4.82. The van der Waals surface area contributed by atoms with E-state index in [0.717, 1.165) is 16.3 Å². The van der Waals surface area contributed by atoms with Gasteiger partial charge in [-0.3, -0.25) is 4.98 Å². The fourth-order valence-corrected chi connectivity index (χ4v) is 3.84. The number of anilines is 1. The Labute approximate surface area is 106 Å². The Bertz CT molecular complexity index is 533. The van der Waals surface area contributed by atoms with Crippen LogP contribution in [0.4, 0.5) is 5.69 Å². The van der Waals surface area contributed by atoms with Gasteiger partial charge in [-0.1, -0.05) is 12.8 Å². The van der Waals surface area contributed by atoms with Gasteiger partial charge in [0, 0.05) is 39.0 Å². The van der Waals surface area contributed by atoms with Crippen molar-refractivity contribution in [2.75, 3.05) is 5.73 Å². The van der Waals surface area contributed by atoms with E-state index < -0.39 is 0 Å². The zero-order valence-corrected chi connectivity index (χ0v) is 10.5. The van der Waals surface area contributed by atoms with E-state index in [9.17, 15) is 0 Å². The van der Waals surface area contributed by atoms with Crippen molar-refractivity contribution in [1.82, 2.24) is 4.98 Å². The molecule has 1 saturated carbocycles. The zero-order valence-electron chi connectivity index (χ0n) is 9.73. The summed E-state index contributed by atoms with van der Waals surface area (Å²) in [5.41, 5.74) is 6.84. The molecule has 0 amide bonds. The van der Waals surface area contributed by atoms with Gasteiger partial charge in [0.2, 0.25) is 0 Å². The number of nitrogen functional groups attached to an aromatic ring is 1. The van der Waals surface area contributed by atoms with Gasteiger partial charge in [0.25, 0.3) is 0 Å². The smallest absolute Gasteiger partial charge is 0.0395 e. The maximum absolute atomic E-state index is 6.00. The summed E-state index contributed by atoms with van der Waals surface area (Å²) in [6.45, 7) is 0. The molecule has 0 radical (unpaired) electrons. The number of nitrogens with zero attached hydrogens (tertiary/aromatic N) is 1. The number of aromatic nitrogens is 1. The lowest BCUT2D eigenvalue weighted by Gasteiger charge is -2.12. The van der Waals surface area contributed by atoms with Crippen LogP contribution in [0.25, 0.3) is 10.8 Å². The SMILES string of the molecule is Nc1ccc(SC2CCCC2)c2cnccc12. The minimum atomic E-state index is 0.780. The first-order valence-corrected chi connectivity index (χ1v) is 7.01. The van der Waals surface area contributed by atoms with Crippen molar-refractivity contribution in [1.29, 1.82) is 0 Å². The quantitative estimate of drug-likeness (QED) is 0.815. The average molecular weight is 244 g/mol. The van der Waals surface area contributed by atoms with Gasteiger partial charge in [-0.2, -0.15) is 0 Å². The van der Waals surface area contributed by atoms with Crippen molar-refractivity contribution in [3.63, 3.8) is 0 Å². The molecule has 0 bridgehead atoms. The highest BCUT2D eigenvalue weighted by Gasteiger charge is 2.17. The number of pyridine rings is 1. The van der Waals surface area contributed by atoms with Gasteiger partial charge < -0.3 is 5.73 Å². The summed E-state index contributed by atoms with van der Waals surface area (Å²) in [5, 5.41) is 3.11. The second-order valence-corrected chi connectivity index (χ2v) is 5.94. The number of hydrogen-bond donors (Lipinski definition) is 1. The van der Waals surface area contributed by atoms with Gasteiger partial charge >= 0.3 is 0 Å². The molecule has 0 atom stereocenters. The van der Waals surface area contributed by atoms with E-state index >= 15 is 0 Å². The molecule has 2 nitrogen and oxygen atoms in total. The highest BCUT2D eigenvalue weighted by Crippen LogP contribution is 2.38. The van der Waals surface area contributed by atoms with Crippen LogP contribution in [0, 0.1) is 0 Å². The van der Waals surface area contributed by atoms with E-state index in [4.69, 9.17) is 5.73 Å². The summed E-state index contributed by atoms with van der Waals surface area (Å²) in [6, 6.07) is 6.16. The van der Waals surface area contributed by atoms with Crippen molar-refractivity contribution >= 4 is 28.2 Å². The van der Waals surface area contributed by atoms with Crippen LogP contribution < -0.4 is 5.73 Å². The van der Waals surface area contributed by atoms with Crippen molar-refractivity contribution in [3.8, 4) is 0 Å². The minimum absolute atomic E-state index is 0.780. The fourth-order valence-electron chi connectivity index (χ4n) is 2.48. The number of thioether (sulfide) groups is 1. The molecule has 0 unspecified atom stereocenters. The predicted octanol–water partition coefficient (Wildman–Crippen LogP) is 3.85. The van der Waals surface area contributed by atoms with E-state index in [1.165, 1.54) is 36.0 Å². The van der Waals surface area contributed by atoms with Crippen LogP contribution in [0.1, 0.15) is 25.7 Å². The monoisotopic (exact) mass is 244 g/mol. The molecule has 0 saturated heterocycles. The Morgan fingerprint density at radius 2 is 1.94 bits per heavy atom. The van der Waals surface area contributed by atoms with E-state index in [-0.39, 0.29) is 0 Å². The summed E-state index contributed by atoms with van der Waals surface area (Å²) in [7, 11) is 0. The molecule has 2 N–H and O–H groups in total. The summed E-state index contributed by atoms with van der Waals surface area (Å²) in [5.74, 6) is 0. The largest absolute Gasteiger partial charge is 0.398 e. The number of rotatable bonds is 2. The lowest BCUT2D eigenvalue weighted by molar-refractivity contribution is 0.886. The highest BCUT2D eigenvalue weighted by atomic mass is 32.2. The molecule has 0 aliphatic heterocycles. The van der Waals surface area contributed by atoms with Crippen molar-refractivity contribution in [2.24, 2.45) is 0 Å². The molecule has 88 valence electrons. The first kappa shape index (κ1) is 10.9. The highest BCUT2D eigenvalue weighted by molar-refractivity contribution is 8.00. The average Bonchev–Trinajstić information content (AvgIpc) is 2.86. The Morgan fingerprint density at radius 3 is 2.76 bits per heavy atom. The Hall–Kier alpha value is -1.22. The van der Waals surface area contributed by atoms with Gasteiger partial charge in [0.1, 0.15) is 0 Å². The van der Waals surface area contributed by atoms with Gasteiger partial charge in [0.15, 0.2) is 0 Å². The Balaban J connectivity index is 2.01. The normalized spacial score (nSPS) is 16.7. The molecule has 2 aromatic rings. The summed E-state index contributed by atoms with van der Waals surface area (Å²) in [4.78, 5) is 5.55. The van der Waals surface area contributed by atoms with Crippen molar-refractivity contribution in [3.05, 3.63) is 30.6 Å². The standard InChI is InChI=1S/C14H16N2S/c15-13-5-6-14(17-10-3-1-2-4-10)12-9-16-8-7-11(12)13/h5-10H,1-4,15H2. The second-order valence-electron chi connectivity index (χ2n) is 4.60. The van der Waals surface area contributed by atoms with Crippen LogP contribution in [-0.2, 0) is 0 Å². The first-order valence-electron chi connectivity index (χ1n) is 6.13. The predicted molar refractivity (Wildman–Crippen MR) is 74.3 cm³/mol. The number of hydrogen-bond acceptors (Lipinski definition) is 3. The molecule has 1 aliphatic carbocycles. The lowest BCUT2D eigenvalue weighted by atomic mass is 10.1. The molecule has 1 heterocycles. The molecule has 0 spiro atoms. The maximum Gasteiger partial charge on any atom is 0.0395 e. The number of nitrogens with two attached hydrogens (primary N) is 1. The van der Waals surface area contributed by atoms with Crippen LogP contribution in [0.5, 0.6) is 0 Å². The summed E-state index contributed by atoms with van der Waals surface area (Å²) in [6.07, 6.45) is 9.19. The van der Waals surface area contributed by atoms with Crippen molar-refractivity contribution in [2.45, 2.75) is 35.8 Å². The Morgan fingerprint density at radius 1 is 1.12 bits per heavy atom. The second kappa shape index (κ2) is 4.57. The molecule has 1 fully saturated rings. The van der Waals surface area contributed by atoms with E-state index in [0.29, 0.717) is 0 Å². The molecule has 3 rings (SSSR count). The van der Waals surface area contributed by atoms with Crippen LogP contribution >= 0.6 is 11.8 Å². The summed E-state index contributed by atoms with van der Waals surface area (Å²) >= 11 is 1.99. The number of benzene rings is 1. The summed E-state index contributed by atoms with van der Waals surface area (Å²) < 4.78 is 0. The third-order valence-electron chi connectivity index (χ3n) is 3.41. The van der Waals surface area contributed by atoms with Crippen molar-refractivity contribution < 1.29 is 0 Å². The van der Waals surface area contributed by atoms with Gasteiger partial charge in [-0.15, -0.1) is 11.8 Å². The van der Waals surface area contributed by atoms with E-state index in [1.807, 2.05) is 36.3 Å². The van der Waals surface area contributed by atoms with Crippen LogP contribution in [-0.4, -0.2) is 10.2 Å².